The molecule has 1 aliphatic rings. The van der Waals surface area contributed by atoms with Crippen molar-refractivity contribution in [3.8, 4) is 0 Å². The first-order chi connectivity index (χ1) is 10.7. The molecule has 1 unspecified atom stereocenters. The fourth-order valence-electron chi connectivity index (χ4n) is 2.97. The van der Waals surface area contributed by atoms with Crippen molar-refractivity contribution in [2.24, 2.45) is 10.9 Å². The molecule has 2 heterocycles. The lowest BCUT2D eigenvalue weighted by atomic mass is 10.0. The van der Waals surface area contributed by atoms with Gasteiger partial charge < -0.3 is 14.8 Å². The van der Waals surface area contributed by atoms with Gasteiger partial charge in [0.2, 0.25) is 5.56 Å². The Morgan fingerprint density at radius 1 is 1.39 bits per heavy atom. The second kappa shape index (κ2) is 10.7. The maximum Gasteiger partial charge on any atom is 0.250 e. The topological polar surface area (TPSA) is 49.6 Å². The second-order valence-electron chi connectivity index (χ2n) is 6.11. The summed E-state index contributed by atoms with van der Waals surface area (Å²) in [7, 11) is 1.85. The molecule has 0 aromatic carbocycles. The summed E-state index contributed by atoms with van der Waals surface area (Å²) >= 11 is 0. The van der Waals surface area contributed by atoms with E-state index >= 15 is 0 Å². The number of hydrogen-bond donors (Lipinski definition) is 1. The van der Waals surface area contributed by atoms with Crippen molar-refractivity contribution in [2.45, 2.75) is 39.2 Å². The van der Waals surface area contributed by atoms with Gasteiger partial charge in [-0.2, -0.15) is 0 Å². The number of nitrogens with zero attached hydrogens (tertiary/aromatic N) is 3. The molecule has 1 aromatic heterocycles. The highest BCUT2D eigenvalue weighted by Crippen LogP contribution is 2.15. The van der Waals surface area contributed by atoms with Crippen LogP contribution in [0.1, 0.15) is 32.6 Å². The summed E-state index contributed by atoms with van der Waals surface area (Å²) in [5.41, 5.74) is 0.0774. The molecule has 0 aliphatic carbocycles. The summed E-state index contributed by atoms with van der Waals surface area (Å²) in [6.45, 7) is 6.18. The van der Waals surface area contributed by atoms with Crippen molar-refractivity contribution in [2.75, 3.05) is 26.7 Å². The maximum absolute atomic E-state index is 11.6. The van der Waals surface area contributed by atoms with Gasteiger partial charge in [0.25, 0.3) is 0 Å². The quantitative estimate of drug-likeness (QED) is 0.337. The van der Waals surface area contributed by atoms with E-state index in [2.05, 4.69) is 22.1 Å². The fraction of sp³-hybridized carbons (Fsp3) is 0.647. The Kier molecular flexibility index (Phi) is 9.28. The van der Waals surface area contributed by atoms with E-state index in [0.29, 0.717) is 0 Å². The van der Waals surface area contributed by atoms with Crippen molar-refractivity contribution >= 4 is 29.9 Å². The molecule has 1 saturated heterocycles. The van der Waals surface area contributed by atoms with Crippen molar-refractivity contribution in [1.82, 2.24) is 14.8 Å². The first-order valence-corrected chi connectivity index (χ1v) is 8.32. The summed E-state index contributed by atoms with van der Waals surface area (Å²) < 4.78 is 1.77. The Bertz CT molecular complexity index is 543. The van der Waals surface area contributed by atoms with E-state index in [1.54, 1.807) is 16.7 Å². The van der Waals surface area contributed by atoms with Crippen LogP contribution in [0, 0.1) is 5.92 Å². The highest BCUT2D eigenvalue weighted by molar-refractivity contribution is 14.0. The van der Waals surface area contributed by atoms with E-state index in [4.69, 9.17) is 0 Å². The molecule has 1 N–H and O–H groups in total. The smallest absolute Gasteiger partial charge is 0.250 e. The molecule has 6 heteroatoms. The van der Waals surface area contributed by atoms with Gasteiger partial charge in [0.15, 0.2) is 5.96 Å². The van der Waals surface area contributed by atoms with Gasteiger partial charge in [0.1, 0.15) is 0 Å². The third-order valence-corrected chi connectivity index (χ3v) is 4.18. The summed E-state index contributed by atoms with van der Waals surface area (Å²) in [5.74, 6) is 1.76. The van der Waals surface area contributed by atoms with Crippen molar-refractivity contribution in [3.63, 3.8) is 0 Å². The SMILES string of the molecule is CN=C(NCCCCn1ccccc1=O)N1CCCC(C)C1.I. The first kappa shape index (κ1) is 20.0. The van der Waals surface area contributed by atoms with Crippen LogP contribution in [-0.4, -0.2) is 42.1 Å². The van der Waals surface area contributed by atoms with Gasteiger partial charge in [0, 0.05) is 45.5 Å². The number of aromatic nitrogens is 1. The average Bonchev–Trinajstić information content (AvgIpc) is 2.52. The minimum absolute atomic E-state index is 0. The zero-order valence-electron chi connectivity index (χ0n) is 14.2. The van der Waals surface area contributed by atoms with Gasteiger partial charge in [-0.3, -0.25) is 9.79 Å². The van der Waals surface area contributed by atoms with Gasteiger partial charge in [-0.1, -0.05) is 13.0 Å². The number of aliphatic imine (C=N–C) groups is 1. The zero-order chi connectivity index (χ0) is 15.8. The Labute approximate surface area is 156 Å². The van der Waals surface area contributed by atoms with Gasteiger partial charge >= 0.3 is 0 Å². The van der Waals surface area contributed by atoms with E-state index < -0.39 is 0 Å². The summed E-state index contributed by atoms with van der Waals surface area (Å²) in [5, 5.41) is 3.45. The van der Waals surface area contributed by atoms with Gasteiger partial charge in [-0.05, 0) is 37.7 Å². The second-order valence-corrected chi connectivity index (χ2v) is 6.11. The Morgan fingerprint density at radius 3 is 2.91 bits per heavy atom. The average molecular weight is 432 g/mol. The number of rotatable bonds is 5. The molecule has 0 radical (unpaired) electrons. The number of aryl methyl sites for hydroxylation is 1. The number of halogens is 1. The van der Waals surface area contributed by atoms with Gasteiger partial charge in [-0.15, -0.1) is 24.0 Å². The lowest BCUT2D eigenvalue weighted by Crippen LogP contribution is -2.46. The molecule has 5 nitrogen and oxygen atoms in total. The molecule has 0 bridgehead atoms. The number of guanidine groups is 1. The molecule has 1 aromatic rings. The number of pyridine rings is 1. The molecule has 130 valence electrons. The van der Waals surface area contributed by atoms with Crippen LogP contribution in [-0.2, 0) is 6.54 Å². The highest BCUT2D eigenvalue weighted by Gasteiger charge is 2.18. The van der Waals surface area contributed by atoms with Gasteiger partial charge in [-0.25, -0.2) is 0 Å². The lowest BCUT2D eigenvalue weighted by Gasteiger charge is -2.33. The minimum Gasteiger partial charge on any atom is -0.356 e. The third kappa shape index (κ3) is 6.53. The van der Waals surface area contributed by atoms with Crippen molar-refractivity contribution in [3.05, 3.63) is 34.7 Å². The third-order valence-electron chi connectivity index (χ3n) is 4.18. The number of piperidine rings is 1. The molecular formula is C17H29IN4O. The van der Waals surface area contributed by atoms with E-state index in [1.807, 2.05) is 19.3 Å². The molecule has 1 fully saturated rings. The Morgan fingerprint density at radius 2 is 2.22 bits per heavy atom. The van der Waals surface area contributed by atoms with Crippen LogP contribution < -0.4 is 10.9 Å². The Hall–Kier alpha value is -1.05. The monoisotopic (exact) mass is 432 g/mol. The maximum atomic E-state index is 11.6. The normalized spacial score (nSPS) is 18.4. The van der Waals surface area contributed by atoms with E-state index in [0.717, 1.165) is 50.9 Å². The number of likely N-dealkylation sites (tertiary alicyclic amines) is 1. The predicted octanol–water partition coefficient (Wildman–Crippen LogP) is 2.55. The number of unbranched alkanes of at least 4 members (excludes halogenated alkanes) is 1. The van der Waals surface area contributed by atoms with E-state index in [-0.39, 0.29) is 29.5 Å². The Balaban J connectivity index is 0.00000264. The molecule has 1 atom stereocenters. The van der Waals surface area contributed by atoms with Crippen LogP contribution in [0.5, 0.6) is 0 Å². The largest absolute Gasteiger partial charge is 0.356 e. The van der Waals surface area contributed by atoms with Crippen LogP contribution in [0.25, 0.3) is 0 Å². The minimum atomic E-state index is 0. The molecule has 2 rings (SSSR count). The molecule has 0 saturated carbocycles. The zero-order valence-corrected chi connectivity index (χ0v) is 16.5. The van der Waals surface area contributed by atoms with Gasteiger partial charge in [0.05, 0.1) is 0 Å². The van der Waals surface area contributed by atoms with Crippen LogP contribution >= 0.6 is 24.0 Å². The molecule has 23 heavy (non-hydrogen) atoms. The molecular weight excluding hydrogens is 403 g/mol. The fourth-order valence-corrected chi connectivity index (χ4v) is 2.97. The van der Waals surface area contributed by atoms with Crippen LogP contribution in [0.3, 0.4) is 0 Å². The summed E-state index contributed by atoms with van der Waals surface area (Å²) in [4.78, 5) is 18.3. The van der Waals surface area contributed by atoms with Crippen molar-refractivity contribution < 1.29 is 0 Å². The lowest BCUT2D eigenvalue weighted by molar-refractivity contribution is 0.266. The predicted molar refractivity (Wildman–Crippen MR) is 107 cm³/mol. The van der Waals surface area contributed by atoms with Crippen LogP contribution in [0.15, 0.2) is 34.2 Å². The molecule has 0 amide bonds. The number of hydrogen-bond acceptors (Lipinski definition) is 2. The standard InChI is InChI=1S/C17H28N4O.HI/c1-15-8-7-13-21(14-15)17(18-2)19-10-4-6-12-20-11-5-3-9-16(20)22;/h3,5,9,11,15H,4,6-8,10,12-14H2,1-2H3,(H,18,19);1H. The van der Waals surface area contributed by atoms with Crippen LogP contribution in [0.2, 0.25) is 0 Å². The first-order valence-electron chi connectivity index (χ1n) is 8.32. The van der Waals surface area contributed by atoms with Crippen LogP contribution in [0.4, 0.5) is 0 Å². The van der Waals surface area contributed by atoms with E-state index in [1.165, 1.54) is 12.8 Å². The summed E-state index contributed by atoms with van der Waals surface area (Å²) in [6, 6.07) is 5.29. The van der Waals surface area contributed by atoms with E-state index in [9.17, 15) is 4.79 Å². The molecule has 0 spiro atoms. The summed E-state index contributed by atoms with van der Waals surface area (Å²) in [6.07, 6.45) is 6.44. The highest BCUT2D eigenvalue weighted by atomic mass is 127. The molecule has 1 aliphatic heterocycles. The van der Waals surface area contributed by atoms with Crippen molar-refractivity contribution in [1.29, 1.82) is 0 Å². The number of nitrogens with one attached hydrogen (secondary N) is 1.